The van der Waals surface area contributed by atoms with Gasteiger partial charge in [0.05, 0.1) is 0 Å². The van der Waals surface area contributed by atoms with Gasteiger partial charge in [-0.05, 0) is 55.0 Å². The average molecular weight is 247 g/mol. The van der Waals surface area contributed by atoms with E-state index in [2.05, 4.69) is 5.32 Å². The Morgan fingerprint density at radius 1 is 1.00 bits per heavy atom. The number of hydrogen-bond acceptors (Lipinski definition) is 1. The van der Waals surface area contributed by atoms with Crippen LogP contribution in [0.2, 0.25) is 0 Å². The molecular weight excluding hydrogens is 236 g/mol. The number of amides is 1. The number of halogens is 2. The van der Waals surface area contributed by atoms with Gasteiger partial charge in [0, 0.05) is 11.3 Å². The van der Waals surface area contributed by atoms with Crippen molar-refractivity contribution in [2.45, 2.75) is 6.92 Å². The number of carbonyl (C=O) groups excluding carboxylic acids is 1. The number of benzene rings is 2. The van der Waals surface area contributed by atoms with Crippen LogP contribution in [0.4, 0.5) is 14.5 Å². The highest BCUT2D eigenvalue weighted by atomic mass is 19.1. The molecule has 1 amide bonds. The van der Waals surface area contributed by atoms with Crippen molar-refractivity contribution in [3.05, 3.63) is 65.2 Å². The average Bonchev–Trinajstić information content (AvgIpc) is 2.28. The molecule has 0 fully saturated rings. The Morgan fingerprint density at radius 2 is 1.67 bits per heavy atom. The van der Waals surface area contributed by atoms with Gasteiger partial charge >= 0.3 is 0 Å². The number of anilines is 1. The molecule has 0 saturated carbocycles. The van der Waals surface area contributed by atoms with Gasteiger partial charge < -0.3 is 5.32 Å². The maximum absolute atomic E-state index is 13.1. The standard InChI is InChI=1S/C14H11F2NO/c1-9-6-12(16)8-13(7-9)17-14(18)10-2-4-11(15)5-3-10/h2-8H,1H3,(H,17,18). The number of carbonyl (C=O) groups is 1. The van der Waals surface area contributed by atoms with E-state index in [-0.39, 0.29) is 0 Å². The summed E-state index contributed by atoms with van der Waals surface area (Å²) in [4.78, 5) is 11.8. The normalized spacial score (nSPS) is 10.2. The number of hydrogen-bond donors (Lipinski definition) is 1. The van der Waals surface area contributed by atoms with Crippen LogP contribution in [0.15, 0.2) is 42.5 Å². The second-order valence-corrected chi connectivity index (χ2v) is 3.98. The zero-order chi connectivity index (χ0) is 13.1. The molecule has 92 valence electrons. The van der Waals surface area contributed by atoms with Crippen molar-refractivity contribution in [2.75, 3.05) is 5.32 Å². The molecule has 0 heterocycles. The molecule has 0 saturated heterocycles. The van der Waals surface area contributed by atoms with Crippen molar-refractivity contribution in [3.63, 3.8) is 0 Å². The molecular formula is C14H11F2NO. The van der Waals surface area contributed by atoms with Crippen molar-refractivity contribution in [3.8, 4) is 0 Å². The molecule has 0 aliphatic heterocycles. The third-order valence-electron chi connectivity index (χ3n) is 2.41. The Bertz CT molecular complexity index is 559. The molecule has 0 bridgehead atoms. The van der Waals surface area contributed by atoms with Gasteiger partial charge in [-0.25, -0.2) is 8.78 Å². The first-order chi connectivity index (χ1) is 8.54. The Hall–Kier alpha value is -2.23. The molecule has 0 aromatic heterocycles. The van der Waals surface area contributed by atoms with Gasteiger partial charge in [-0.2, -0.15) is 0 Å². The summed E-state index contributed by atoms with van der Waals surface area (Å²) in [5, 5.41) is 2.56. The van der Waals surface area contributed by atoms with E-state index in [1.54, 1.807) is 13.0 Å². The molecule has 18 heavy (non-hydrogen) atoms. The third-order valence-corrected chi connectivity index (χ3v) is 2.41. The van der Waals surface area contributed by atoms with Crippen LogP contribution >= 0.6 is 0 Å². The van der Waals surface area contributed by atoms with Crippen LogP contribution in [-0.4, -0.2) is 5.91 Å². The summed E-state index contributed by atoms with van der Waals surface area (Å²) in [6.07, 6.45) is 0. The molecule has 2 aromatic rings. The minimum Gasteiger partial charge on any atom is -0.322 e. The Labute approximate surface area is 103 Å². The molecule has 1 N–H and O–H groups in total. The van der Waals surface area contributed by atoms with Gasteiger partial charge in [0.25, 0.3) is 5.91 Å². The first-order valence-electron chi connectivity index (χ1n) is 5.39. The Morgan fingerprint density at radius 3 is 2.28 bits per heavy atom. The van der Waals surface area contributed by atoms with Gasteiger partial charge in [-0.15, -0.1) is 0 Å². The van der Waals surface area contributed by atoms with E-state index in [4.69, 9.17) is 0 Å². The summed E-state index contributed by atoms with van der Waals surface area (Å²) in [7, 11) is 0. The van der Waals surface area contributed by atoms with Gasteiger partial charge in [0.2, 0.25) is 0 Å². The molecule has 0 unspecified atom stereocenters. The Kier molecular flexibility index (Phi) is 3.37. The maximum atomic E-state index is 13.1. The minimum absolute atomic E-state index is 0.318. The summed E-state index contributed by atoms with van der Waals surface area (Å²) in [5.74, 6) is -1.22. The molecule has 0 aliphatic rings. The molecule has 2 rings (SSSR count). The summed E-state index contributed by atoms with van der Waals surface area (Å²) >= 11 is 0. The first kappa shape index (κ1) is 12.2. The third kappa shape index (κ3) is 2.91. The van der Waals surface area contributed by atoms with E-state index >= 15 is 0 Å². The highest BCUT2D eigenvalue weighted by Gasteiger charge is 2.07. The van der Waals surface area contributed by atoms with Crippen LogP contribution in [0.25, 0.3) is 0 Å². The molecule has 4 heteroatoms. The van der Waals surface area contributed by atoms with Crippen LogP contribution < -0.4 is 5.32 Å². The molecule has 2 nitrogen and oxygen atoms in total. The predicted molar refractivity (Wildman–Crippen MR) is 65.5 cm³/mol. The van der Waals surface area contributed by atoms with Gasteiger partial charge in [-0.3, -0.25) is 4.79 Å². The predicted octanol–water partition coefficient (Wildman–Crippen LogP) is 3.53. The lowest BCUT2D eigenvalue weighted by Gasteiger charge is -2.06. The van der Waals surface area contributed by atoms with Crippen LogP contribution in [0.3, 0.4) is 0 Å². The zero-order valence-electron chi connectivity index (χ0n) is 9.71. The van der Waals surface area contributed by atoms with Gasteiger partial charge in [0.15, 0.2) is 0 Å². The largest absolute Gasteiger partial charge is 0.322 e. The molecule has 0 atom stereocenters. The van der Waals surface area contributed by atoms with Crippen LogP contribution in [0.1, 0.15) is 15.9 Å². The van der Waals surface area contributed by atoms with E-state index in [1.165, 1.54) is 36.4 Å². The monoisotopic (exact) mass is 247 g/mol. The van der Waals surface area contributed by atoms with Crippen molar-refractivity contribution < 1.29 is 13.6 Å². The van der Waals surface area contributed by atoms with Crippen molar-refractivity contribution in [1.29, 1.82) is 0 Å². The van der Waals surface area contributed by atoms with Gasteiger partial charge in [0.1, 0.15) is 11.6 Å². The van der Waals surface area contributed by atoms with Crippen molar-refractivity contribution >= 4 is 11.6 Å². The lowest BCUT2D eigenvalue weighted by atomic mass is 10.2. The fourth-order valence-electron chi connectivity index (χ4n) is 1.61. The van der Waals surface area contributed by atoms with E-state index in [1.807, 2.05) is 0 Å². The van der Waals surface area contributed by atoms with Gasteiger partial charge in [-0.1, -0.05) is 0 Å². The van der Waals surface area contributed by atoms with E-state index in [9.17, 15) is 13.6 Å². The highest BCUT2D eigenvalue weighted by Crippen LogP contribution is 2.14. The van der Waals surface area contributed by atoms with E-state index in [0.29, 0.717) is 16.8 Å². The summed E-state index contributed by atoms with van der Waals surface area (Å²) in [5.41, 5.74) is 1.41. The van der Waals surface area contributed by atoms with Crippen LogP contribution in [0, 0.1) is 18.6 Å². The minimum atomic E-state index is -0.413. The summed E-state index contributed by atoms with van der Waals surface area (Å²) in [6, 6.07) is 9.40. The zero-order valence-corrected chi connectivity index (χ0v) is 9.71. The second kappa shape index (κ2) is 4.96. The topological polar surface area (TPSA) is 29.1 Å². The first-order valence-corrected chi connectivity index (χ1v) is 5.39. The maximum Gasteiger partial charge on any atom is 0.255 e. The summed E-state index contributed by atoms with van der Waals surface area (Å²) < 4.78 is 25.8. The molecule has 0 spiro atoms. The Balaban J connectivity index is 2.18. The number of aryl methyl sites for hydroxylation is 1. The fourth-order valence-corrected chi connectivity index (χ4v) is 1.61. The number of nitrogens with one attached hydrogen (secondary N) is 1. The molecule has 0 radical (unpaired) electrons. The van der Waals surface area contributed by atoms with E-state index in [0.717, 1.165) is 0 Å². The second-order valence-electron chi connectivity index (χ2n) is 3.98. The number of rotatable bonds is 2. The lowest BCUT2D eigenvalue weighted by molar-refractivity contribution is 0.102. The quantitative estimate of drug-likeness (QED) is 0.864. The smallest absolute Gasteiger partial charge is 0.255 e. The highest BCUT2D eigenvalue weighted by molar-refractivity contribution is 6.04. The molecule has 0 aliphatic carbocycles. The van der Waals surface area contributed by atoms with Crippen LogP contribution in [-0.2, 0) is 0 Å². The SMILES string of the molecule is Cc1cc(F)cc(NC(=O)c2ccc(F)cc2)c1. The van der Waals surface area contributed by atoms with Crippen molar-refractivity contribution in [2.24, 2.45) is 0 Å². The fraction of sp³-hybridized carbons (Fsp3) is 0.0714. The molecule has 2 aromatic carbocycles. The van der Waals surface area contributed by atoms with Crippen molar-refractivity contribution in [1.82, 2.24) is 0 Å². The lowest BCUT2D eigenvalue weighted by Crippen LogP contribution is -2.12. The van der Waals surface area contributed by atoms with E-state index < -0.39 is 17.5 Å². The van der Waals surface area contributed by atoms with Crippen LogP contribution in [0.5, 0.6) is 0 Å². The summed E-state index contributed by atoms with van der Waals surface area (Å²) in [6.45, 7) is 1.73.